The second-order valence-corrected chi connectivity index (χ2v) is 8.06. The van der Waals surface area contributed by atoms with Crippen LogP contribution in [0, 0.1) is 0 Å². The van der Waals surface area contributed by atoms with Gasteiger partial charge in [-0.15, -0.1) is 0 Å². The summed E-state index contributed by atoms with van der Waals surface area (Å²) in [4.78, 5) is 13.9. The summed E-state index contributed by atoms with van der Waals surface area (Å²) in [7, 11) is -1.52. The van der Waals surface area contributed by atoms with E-state index in [1.807, 2.05) is 4.90 Å². The van der Waals surface area contributed by atoms with Crippen molar-refractivity contribution in [2.75, 3.05) is 26.8 Å². The molecular weight excluding hydrogens is 280 g/mol. The third kappa shape index (κ3) is 2.35. The molecule has 0 radical (unpaired) electrons. The van der Waals surface area contributed by atoms with Crippen LogP contribution >= 0.6 is 0 Å². The van der Waals surface area contributed by atoms with Gasteiger partial charge in [0.05, 0.1) is 11.9 Å². The zero-order valence-corrected chi connectivity index (χ0v) is 12.6. The van der Waals surface area contributed by atoms with Crippen LogP contribution in [0.25, 0.3) is 0 Å². The van der Waals surface area contributed by atoms with Crippen molar-refractivity contribution in [1.82, 2.24) is 9.21 Å². The first-order valence-electron chi connectivity index (χ1n) is 7.34. The fraction of sp³-hybridized carbons (Fsp3) is 0.923. The average molecular weight is 302 g/mol. The minimum absolute atomic E-state index is 0.0184. The van der Waals surface area contributed by atoms with Crippen LogP contribution in [0.4, 0.5) is 0 Å². The van der Waals surface area contributed by atoms with Crippen LogP contribution < -0.4 is 0 Å². The molecule has 7 heteroatoms. The van der Waals surface area contributed by atoms with Crippen LogP contribution in [0.1, 0.15) is 32.1 Å². The number of hydrogen-bond donors (Lipinski definition) is 0. The van der Waals surface area contributed by atoms with Gasteiger partial charge in [-0.25, -0.2) is 8.42 Å². The van der Waals surface area contributed by atoms with Crippen molar-refractivity contribution in [3.63, 3.8) is 0 Å². The molecule has 6 nitrogen and oxygen atoms in total. The Morgan fingerprint density at radius 2 is 1.95 bits per heavy atom. The van der Waals surface area contributed by atoms with E-state index in [0.29, 0.717) is 32.5 Å². The molecule has 0 aromatic heterocycles. The summed E-state index contributed by atoms with van der Waals surface area (Å²) in [5.74, 6) is 0.133. The molecule has 0 aromatic rings. The molecule has 0 aromatic carbocycles. The summed E-state index contributed by atoms with van der Waals surface area (Å²) in [5.41, 5.74) is 0. The third-order valence-corrected chi connectivity index (χ3v) is 7.06. The maximum atomic E-state index is 12.5. The predicted octanol–water partition coefficient (Wildman–Crippen LogP) is 0.190. The van der Waals surface area contributed by atoms with Crippen LogP contribution in [-0.2, 0) is 19.6 Å². The minimum Gasteiger partial charge on any atom is -0.383 e. The van der Waals surface area contributed by atoms with E-state index < -0.39 is 10.0 Å². The number of sulfonamides is 1. The summed E-state index contributed by atoms with van der Waals surface area (Å²) < 4.78 is 31.6. The number of ether oxygens (including phenoxy) is 1. The summed E-state index contributed by atoms with van der Waals surface area (Å²) in [5, 5.41) is -0.161. The third-order valence-electron chi connectivity index (χ3n) is 4.64. The van der Waals surface area contributed by atoms with Gasteiger partial charge in [0.15, 0.2) is 0 Å². The van der Waals surface area contributed by atoms with Gasteiger partial charge >= 0.3 is 0 Å². The number of amides is 1. The van der Waals surface area contributed by atoms with Crippen LogP contribution in [0.15, 0.2) is 0 Å². The lowest BCUT2D eigenvalue weighted by Gasteiger charge is -2.39. The van der Waals surface area contributed by atoms with E-state index in [2.05, 4.69) is 0 Å². The molecule has 0 bridgehead atoms. The monoisotopic (exact) mass is 302 g/mol. The molecule has 1 amide bonds. The van der Waals surface area contributed by atoms with Gasteiger partial charge in [0.1, 0.15) is 0 Å². The lowest BCUT2D eigenvalue weighted by atomic mass is 9.97. The topological polar surface area (TPSA) is 66.9 Å². The van der Waals surface area contributed by atoms with Crippen molar-refractivity contribution in [2.45, 2.75) is 49.4 Å². The molecule has 1 aliphatic carbocycles. The largest absolute Gasteiger partial charge is 0.383 e. The molecule has 20 heavy (non-hydrogen) atoms. The van der Waals surface area contributed by atoms with E-state index in [-0.39, 0.29) is 23.2 Å². The van der Waals surface area contributed by atoms with Crippen LogP contribution in [-0.4, -0.2) is 67.7 Å². The van der Waals surface area contributed by atoms with Crippen LogP contribution in [0.5, 0.6) is 0 Å². The average Bonchev–Trinajstić information content (AvgIpc) is 3.18. The fourth-order valence-corrected chi connectivity index (χ4v) is 5.56. The summed E-state index contributed by atoms with van der Waals surface area (Å²) >= 11 is 0. The molecule has 2 atom stereocenters. The van der Waals surface area contributed by atoms with Gasteiger partial charge in [-0.3, -0.25) is 4.79 Å². The zero-order valence-electron chi connectivity index (χ0n) is 11.8. The Morgan fingerprint density at radius 3 is 2.60 bits per heavy atom. The first-order valence-corrected chi connectivity index (χ1v) is 8.85. The Kier molecular flexibility index (Phi) is 3.77. The Hall–Kier alpha value is -0.660. The van der Waals surface area contributed by atoms with Gasteiger partial charge < -0.3 is 9.64 Å². The van der Waals surface area contributed by atoms with Crippen molar-refractivity contribution < 1.29 is 17.9 Å². The maximum absolute atomic E-state index is 12.5. The number of hydrogen-bond acceptors (Lipinski definition) is 4. The van der Waals surface area contributed by atoms with E-state index in [4.69, 9.17) is 4.74 Å². The number of carbonyl (C=O) groups excluding carboxylic acids is 1. The number of nitrogens with zero attached hydrogens (tertiary/aromatic N) is 2. The molecule has 2 heterocycles. The van der Waals surface area contributed by atoms with Gasteiger partial charge in [0.25, 0.3) is 0 Å². The molecule has 3 fully saturated rings. The smallest absolute Gasteiger partial charge is 0.223 e. The first kappa shape index (κ1) is 14.3. The number of rotatable bonds is 5. The van der Waals surface area contributed by atoms with Gasteiger partial charge in [0, 0.05) is 38.7 Å². The lowest BCUT2D eigenvalue weighted by Crippen LogP contribution is -2.54. The number of likely N-dealkylation sites (tertiary alicyclic amines) is 1. The molecular formula is C13H22N2O4S. The Bertz CT molecular complexity index is 489. The Labute approximate surface area is 120 Å². The highest BCUT2D eigenvalue weighted by Gasteiger charge is 2.50. The SMILES string of the molecule is COCCN1C(=O)CC[C@@H]2[C@@H]1CCN2S(=O)(=O)C1CC1. The van der Waals surface area contributed by atoms with Gasteiger partial charge in [-0.05, 0) is 25.7 Å². The van der Waals surface area contributed by atoms with Crippen molar-refractivity contribution >= 4 is 15.9 Å². The Balaban J connectivity index is 1.76. The molecule has 0 unspecified atom stereocenters. The normalized spacial score (nSPS) is 31.6. The summed E-state index contributed by atoms with van der Waals surface area (Å²) in [6, 6.07) is 0.0232. The first-order chi connectivity index (χ1) is 9.55. The van der Waals surface area contributed by atoms with E-state index >= 15 is 0 Å². The van der Waals surface area contributed by atoms with E-state index in [1.165, 1.54) is 0 Å². The maximum Gasteiger partial charge on any atom is 0.223 e. The molecule has 2 saturated heterocycles. The fourth-order valence-electron chi connectivity index (χ4n) is 3.46. The molecule has 1 saturated carbocycles. The van der Waals surface area contributed by atoms with Gasteiger partial charge in [0.2, 0.25) is 15.9 Å². The highest BCUT2D eigenvalue weighted by molar-refractivity contribution is 7.90. The van der Waals surface area contributed by atoms with Crippen LogP contribution in [0.2, 0.25) is 0 Å². The van der Waals surface area contributed by atoms with Crippen molar-refractivity contribution in [1.29, 1.82) is 0 Å². The molecule has 3 rings (SSSR count). The molecule has 0 N–H and O–H groups in total. The molecule has 2 aliphatic heterocycles. The number of piperidine rings is 1. The minimum atomic E-state index is -3.13. The van der Waals surface area contributed by atoms with Crippen molar-refractivity contribution in [3.8, 4) is 0 Å². The van der Waals surface area contributed by atoms with Crippen molar-refractivity contribution in [2.24, 2.45) is 0 Å². The number of methoxy groups -OCH3 is 1. The van der Waals surface area contributed by atoms with Gasteiger partial charge in [-0.2, -0.15) is 4.31 Å². The summed E-state index contributed by atoms with van der Waals surface area (Å²) in [6.07, 6.45) is 3.46. The van der Waals surface area contributed by atoms with E-state index in [9.17, 15) is 13.2 Å². The quantitative estimate of drug-likeness (QED) is 0.727. The standard InChI is InChI=1S/C13H22N2O4S/c1-19-9-8-14-11-6-7-15(12(11)4-5-13(14)16)20(17,18)10-2-3-10/h10-12H,2-9H2,1H3/t11-,12+/m0/s1. The van der Waals surface area contributed by atoms with Crippen LogP contribution in [0.3, 0.4) is 0 Å². The number of carbonyl (C=O) groups is 1. The second kappa shape index (κ2) is 5.27. The predicted molar refractivity (Wildman–Crippen MR) is 73.7 cm³/mol. The van der Waals surface area contributed by atoms with Crippen molar-refractivity contribution in [3.05, 3.63) is 0 Å². The molecule has 3 aliphatic rings. The number of fused-ring (bicyclic) bond motifs is 1. The molecule has 114 valence electrons. The highest BCUT2D eigenvalue weighted by atomic mass is 32.2. The lowest BCUT2D eigenvalue weighted by molar-refractivity contribution is -0.138. The summed E-state index contributed by atoms with van der Waals surface area (Å²) in [6.45, 7) is 1.63. The zero-order chi connectivity index (χ0) is 14.3. The highest BCUT2D eigenvalue weighted by Crippen LogP contribution is 2.39. The van der Waals surface area contributed by atoms with E-state index in [1.54, 1.807) is 11.4 Å². The Morgan fingerprint density at radius 1 is 1.20 bits per heavy atom. The molecule has 0 spiro atoms. The van der Waals surface area contributed by atoms with E-state index in [0.717, 1.165) is 19.3 Å². The second-order valence-electron chi connectivity index (χ2n) is 5.90. The van der Waals surface area contributed by atoms with Gasteiger partial charge in [-0.1, -0.05) is 0 Å².